The SMILES string of the molecule is COc1cc(C(C)Nc2cccc(C)n2)ccc1OCc1ccncc1. The average Bonchev–Trinajstić information content (AvgIpc) is 2.67. The van der Waals surface area contributed by atoms with Crippen molar-refractivity contribution in [2.75, 3.05) is 12.4 Å². The van der Waals surface area contributed by atoms with Crippen LogP contribution in [0.2, 0.25) is 0 Å². The van der Waals surface area contributed by atoms with Crippen LogP contribution in [0.5, 0.6) is 11.5 Å². The Morgan fingerprint density at radius 2 is 1.85 bits per heavy atom. The fraction of sp³-hybridized carbons (Fsp3) is 0.238. The van der Waals surface area contributed by atoms with E-state index in [0.717, 1.165) is 22.6 Å². The van der Waals surface area contributed by atoms with Gasteiger partial charge >= 0.3 is 0 Å². The van der Waals surface area contributed by atoms with Crippen molar-refractivity contribution in [3.8, 4) is 11.5 Å². The zero-order valence-corrected chi connectivity index (χ0v) is 15.3. The molecule has 1 unspecified atom stereocenters. The molecule has 5 nitrogen and oxygen atoms in total. The van der Waals surface area contributed by atoms with E-state index in [9.17, 15) is 0 Å². The zero-order valence-electron chi connectivity index (χ0n) is 15.3. The lowest BCUT2D eigenvalue weighted by Crippen LogP contribution is -2.08. The summed E-state index contributed by atoms with van der Waals surface area (Å²) in [6, 6.07) is 15.9. The number of methoxy groups -OCH3 is 1. The van der Waals surface area contributed by atoms with E-state index in [4.69, 9.17) is 9.47 Å². The first-order valence-corrected chi connectivity index (χ1v) is 8.55. The van der Waals surface area contributed by atoms with Gasteiger partial charge in [0.25, 0.3) is 0 Å². The van der Waals surface area contributed by atoms with Crippen molar-refractivity contribution in [2.24, 2.45) is 0 Å². The maximum atomic E-state index is 5.90. The Hall–Kier alpha value is -3.08. The van der Waals surface area contributed by atoms with E-state index in [1.165, 1.54) is 0 Å². The number of hydrogen-bond donors (Lipinski definition) is 1. The van der Waals surface area contributed by atoms with E-state index in [2.05, 4.69) is 22.2 Å². The molecule has 0 fully saturated rings. The van der Waals surface area contributed by atoms with Gasteiger partial charge in [0.1, 0.15) is 12.4 Å². The minimum Gasteiger partial charge on any atom is -0.493 e. The quantitative estimate of drug-likeness (QED) is 0.678. The highest BCUT2D eigenvalue weighted by atomic mass is 16.5. The molecule has 0 amide bonds. The molecule has 0 spiro atoms. The van der Waals surface area contributed by atoms with Gasteiger partial charge in [0.15, 0.2) is 11.5 Å². The number of pyridine rings is 2. The lowest BCUT2D eigenvalue weighted by atomic mass is 10.1. The van der Waals surface area contributed by atoms with E-state index in [0.29, 0.717) is 18.1 Å². The Morgan fingerprint density at radius 1 is 1.04 bits per heavy atom. The second kappa shape index (κ2) is 8.34. The first-order valence-electron chi connectivity index (χ1n) is 8.55. The molecule has 0 aliphatic rings. The van der Waals surface area contributed by atoms with Crippen molar-refractivity contribution < 1.29 is 9.47 Å². The van der Waals surface area contributed by atoms with Crippen LogP contribution in [0.15, 0.2) is 60.9 Å². The summed E-state index contributed by atoms with van der Waals surface area (Å²) in [5, 5.41) is 3.41. The number of nitrogens with zero attached hydrogens (tertiary/aromatic N) is 2. The van der Waals surface area contributed by atoms with Crippen molar-refractivity contribution in [1.29, 1.82) is 0 Å². The maximum Gasteiger partial charge on any atom is 0.161 e. The molecular formula is C21H23N3O2. The first kappa shape index (κ1) is 17.7. The molecule has 0 radical (unpaired) electrons. The van der Waals surface area contributed by atoms with Crippen LogP contribution < -0.4 is 14.8 Å². The summed E-state index contributed by atoms with van der Waals surface area (Å²) in [6.07, 6.45) is 3.51. The highest BCUT2D eigenvalue weighted by Gasteiger charge is 2.11. The number of nitrogens with one attached hydrogen (secondary N) is 1. The standard InChI is InChI=1S/C21H23N3O2/c1-15-5-4-6-21(23-15)24-16(2)18-7-8-19(20(13-18)25-3)26-14-17-9-11-22-12-10-17/h4-13,16H,14H2,1-3H3,(H,23,24). The van der Waals surface area contributed by atoms with Crippen LogP contribution in [-0.4, -0.2) is 17.1 Å². The van der Waals surface area contributed by atoms with E-state index < -0.39 is 0 Å². The van der Waals surface area contributed by atoms with E-state index >= 15 is 0 Å². The normalized spacial score (nSPS) is 11.7. The second-order valence-electron chi connectivity index (χ2n) is 6.08. The molecule has 5 heteroatoms. The number of anilines is 1. The fourth-order valence-electron chi connectivity index (χ4n) is 2.64. The monoisotopic (exact) mass is 349 g/mol. The predicted molar refractivity (Wildman–Crippen MR) is 103 cm³/mol. The van der Waals surface area contributed by atoms with Gasteiger partial charge in [-0.3, -0.25) is 4.98 Å². The molecule has 1 atom stereocenters. The maximum absolute atomic E-state index is 5.90. The molecule has 3 rings (SSSR count). The van der Waals surface area contributed by atoms with Gasteiger partial charge in [-0.15, -0.1) is 0 Å². The van der Waals surface area contributed by atoms with Crippen LogP contribution in [0.4, 0.5) is 5.82 Å². The lowest BCUT2D eigenvalue weighted by molar-refractivity contribution is 0.284. The molecule has 0 aliphatic heterocycles. The van der Waals surface area contributed by atoms with Crippen LogP contribution in [-0.2, 0) is 6.61 Å². The molecule has 2 heterocycles. The number of aryl methyl sites for hydroxylation is 1. The summed E-state index contributed by atoms with van der Waals surface area (Å²) in [7, 11) is 1.65. The molecule has 1 aromatic carbocycles. The van der Waals surface area contributed by atoms with Crippen molar-refractivity contribution in [1.82, 2.24) is 9.97 Å². The smallest absolute Gasteiger partial charge is 0.161 e. The van der Waals surface area contributed by atoms with Gasteiger partial charge in [-0.25, -0.2) is 4.98 Å². The first-order chi connectivity index (χ1) is 12.7. The lowest BCUT2D eigenvalue weighted by Gasteiger charge is -2.18. The molecule has 3 aromatic rings. The van der Waals surface area contributed by atoms with Crippen molar-refractivity contribution in [3.63, 3.8) is 0 Å². The predicted octanol–water partition coefficient (Wildman–Crippen LogP) is 4.55. The van der Waals surface area contributed by atoms with Crippen molar-refractivity contribution >= 4 is 5.82 Å². The van der Waals surface area contributed by atoms with Crippen LogP contribution in [0.25, 0.3) is 0 Å². The van der Waals surface area contributed by atoms with Crippen LogP contribution in [0.3, 0.4) is 0 Å². The Bertz CT molecular complexity index is 853. The summed E-state index contributed by atoms with van der Waals surface area (Å²) in [6.45, 7) is 4.54. The minimum absolute atomic E-state index is 0.0902. The van der Waals surface area contributed by atoms with Gasteiger partial charge in [0.2, 0.25) is 0 Å². The summed E-state index contributed by atoms with van der Waals surface area (Å²) in [4.78, 5) is 8.50. The molecule has 0 bridgehead atoms. The number of benzene rings is 1. The second-order valence-corrected chi connectivity index (χ2v) is 6.08. The van der Waals surface area contributed by atoms with E-state index in [1.54, 1.807) is 19.5 Å². The number of rotatable bonds is 7. The molecule has 1 N–H and O–H groups in total. The largest absolute Gasteiger partial charge is 0.493 e. The molecule has 0 saturated heterocycles. The van der Waals surface area contributed by atoms with Gasteiger partial charge in [0.05, 0.1) is 13.2 Å². The zero-order chi connectivity index (χ0) is 18.4. The Labute approximate surface area is 154 Å². The van der Waals surface area contributed by atoms with Gasteiger partial charge < -0.3 is 14.8 Å². The third kappa shape index (κ3) is 4.51. The minimum atomic E-state index is 0.0902. The van der Waals surface area contributed by atoms with Crippen LogP contribution in [0, 0.1) is 6.92 Å². The van der Waals surface area contributed by atoms with E-state index in [-0.39, 0.29) is 6.04 Å². The highest BCUT2D eigenvalue weighted by Crippen LogP contribution is 2.31. The molecule has 0 saturated carbocycles. The molecule has 2 aromatic heterocycles. The topological polar surface area (TPSA) is 56.3 Å². The van der Waals surface area contributed by atoms with Crippen molar-refractivity contribution in [3.05, 3.63) is 77.7 Å². The fourth-order valence-corrected chi connectivity index (χ4v) is 2.64. The number of hydrogen-bond acceptors (Lipinski definition) is 5. The summed E-state index contributed by atoms with van der Waals surface area (Å²) >= 11 is 0. The third-order valence-corrected chi connectivity index (χ3v) is 4.08. The third-order valence-electron chi connectivity index (χ3n) is 4.08. The summed E-state index contributed by atoms with van der Waals surface area (Å²) < 4.78 is 11.4. The summed E-state index contributed by atoms with van der Waals surface area (Å²) in [5.41, 5.74) is 3.15. The highest BCUT2D eigenvalue weighted by molar-refractivity contribution is 5.46. The van der Waals surface area contributed by atoms with Gasteiger partial charge in [0, 0.05) is 18.1 Å². The van der Waals surface area contributed by atoms with Gasteiger partial charge in [-0.1, -0.05) is 12.1 Å². The Balaban J connectivity index is 1.71. The Kier molecular flexibility index (Phi) is 5.69. The van der Waals surface area contributed by atoms with E-state index in [1.807, 2.05) is 55.5 Å². The average molecular weight is 349 g/mol. The van der Waals surface area contributed by atoms with Crippen molar-refractivity contribution in [2.45, 2.75) is 26.5 Å². The molecule has 134 valence electrons. The molecular weight excluding hydrogens is 326 g/mol. The van der Waals surface area contributed by atoms with Crippen LogP contribution >= 0.6 is 0 Å². The van der Waals surface area contributed by atoms with Gasteiger partial charge in [-0.05, 0) is 61.4 Å². The number of ether oxygens (including phenoxy) is 2. The molecule has 26 heavy (non-hydrogen) atoms. The Morgan fingerprint density at radius 3 is 2.58 bits per heavy atom. The number of aromatic nitrogens is 2. The molecule has 0 aliphatic carbocycles. The van der Waals surface area contributed by atoms with Crippen LogP contribution in [0.1, 0.15) is 29.8 Å². The summed E-state index contributed by atoms with van der Waals surface area (Å²) in [5.74, 6) is 2.28. The van der Waals surface area contributed by atoms with Gasteiger partial charge in [-0.2, -0.15) is 0 Å².